The topological polar surface area (TPSA) is 3.24 Å². The number of fused-ring (bicyclic) bond motifs is 1. The van der Waals surface area contributed by atoms with Gasteiger partial charge in [0.1, 0.15) is 0 Å². The van der Waals surface area contributed by atoms with Gasteiger partial charge in [-0.25, -0.2) is 0 Å². The molecule has 0 bridgehead atoms. The van der Waals surface area contributed by atoms with E-state index in [0.29, 0.717) is 11.8 Å². The zero-order chi connectivity index (χ0) is 14.1. The van der Waals surface area contributed by atoms with Crippen LogP contribution in [0.2, 0.25) is 0 Å². The summed E-state index contributed by atoms with van der Waals surface area (Å²) in [6, 6.07) is 18.0. The maximum absolute atomic E-state index is 2.35. The first-order chi connectivity index (χ1) is 9.65. The van der Waals surface area contributed by atoms with Crippen LogP contribution < -0.4 is 0 Å². The average molecular weight is 265 g/mol. The molecule has 3 rings (SSSR count). The van der Waals surface area contributed by atoms with Gasteiger partial charge in [0.05, 0.1) is 0 Å². The van der Waals surface area contributed by atoms with Crippen molar-refractivity contribution in [1.29, 1.82) is 0 Å². The van der Waals surface area contributed by atoms with Gasteiger partial charge in [0, 0.05) is 12.5 Å². The second kappa shape index (κ2) is 5.41. The van der Waals surface area contributed by atoms with Crippen LogP contribution >= 0.6 is 0 Å². The van der Waals surface area contributed by atoms with Gasteiger partial charge in [-0.2, -0.15) is 0 Å². The molecule has 1 aliphatic carbocycles. The number of hydrogen-bond acceptors (Lipinski definition) is 1. The Morgan fingerprint density at radius 1 is 1.00 bits per heavy atom. The zero-order valence-corrected chi connectivity index (χ0v) is 12.6. The minimum Gasteiger partial charge on any atom is -0.309 e. The summed E-state index contributed by atoms with van der Waals surface area (Å²) < 4.78 is 0. The molecule has 1 heteroatoms. The van der Waals surface area contributed by atoms with Gasteiger partial charge in [0.2, 0.25) is 0 Å². The Labute approximate surface area is 122 Å². The molecule has 0 N–H and O–H groups in total. The van der Waals surface area contributed by atoms with E-state index in [9.17, 15) is 0 Å². The van der Waals surface area contributed by atoms with Gasteiger partial charge in [-0.05, 0) is 50.0 Å². The SMILES string of the molecule is Cc1cccc([C@@H]2C[C@H](CN(C)C)c3ccccc32)c1. The Morgan fingerprint density at radius 3 is 2.45 bits per heavy atom. The van der Waals surface area contributed by atoms with Crippen molar-refractivity contribution in [2.24, 2.45) is 0 Å². The summed E-state index contributed by atoms with van der Waals surface area (Å²) in [4.78, 5) is 2.31. The first-order valence-corrected chi connectivity index (χ1v) is 7.45. The number of aryl methyl sites for hydroxylation is 1. The maximum Gasteiger partial charge on any atom is 0.00985 e. The summed E-state index contributed by atoms with van der Waals surface area (Å²) in [6.07, 6.45) is 1.24. The molecule has 2 aromatic rings. The number of likely N-dealkylation sites (N-methyl/N-ethyl adjacent to an activating group) is 1. The highest BCUT2D eigenvalue weighted by Gasteiger charge is 2.31. The van der Waals surface area contributed by atoms with E-state index in [1.807, 2.05) is 0 Å². The smallest absolute Gasteiger partial charge is 0.00985 e. The fraction of sp³-hybridized carbons (Fsp3) is 0.368. The van der Waals surface area contributed by atoms with E-state index in [2.05, 4.69) is 74.4 Å². The molecule has 0 aromatic heterocycles. The Bertz CT molecular complexity index is 600. The van der Waals surface area contributed by atoms with Gasteiger partial charge in [-0.3, -0.25) is 0 Å². The lowest BCUT2D eigenvalue weighted by atomic mass is 9.91. The first-order valence-electron chi connectivity index (χ1n) is 7.45. The van der Waals surface area contributed by atoms with Crippen molar-refractivity contribution in [1.82, 2.24) is 4.90 Å². The van der Waals surface area contributed by atoms with E-state index in [-0.39, 0.29) is 0 Å². The van der Waals surface area contributed by atoms with Crippen molar-refractivity contribution in [3.8, 4) is 0 Å². The molecule has 2 atom stereocenters. The normalized spacial score (nSPS) is 21.2. The van der Waals surface area contributed by atoms with Gasteiger partial charge >= 0.3 is 0 Å². The van der Waals surface area contributed by atoms with E-state index in [1.165, 1.54) is 23.1 Å². The Balaban J connectivity index is 1.98. The Morgan fingerprint density at radius 2 is 1.75 bits per heavy atom. The summed E-state index contributed by atoms with van der Waals surface area (Å²) in [5.41, 5.74) is 5.91. The number of benzene rings is 2. The highest BCUT2D eigenvalue weighted by atomic mass is 15.1. The summed E-state index contributed by atoms with van der Waals surface area (Å²) in [5.74, 6) is 1.22. The first kappa shape index (κ1) is 13.4. The van der Waals surface area contributed by atoms with Gasteiger partial charge in [-0.15, -0.1) is 0 Å². The van der Waals surface area contributed by atoms with E-state index < -0.39 is 0 Å². The van der Waals surface area contributed by atoms with Gasteiger partial charge in [-0.1, -0.05) is 54.1 Å². The number of nitrogens with zero attached hydrogens (tertiary/aromatic N) is 1. The second-order valence-corrected chi connectivity index (χ2v) is 6.29. The van der Waals surface area contributed by atoms with E-state index in [1.54, 1.807) is 5.56 Å². The van der Waals surface area contributed by atoms with Crippen molar-refractivity contribution in [2.45, 2.75) is 25.2 Å². The van der Waals surface area contributed by atoms with Gasteiger partial charge in [0.15, 0.2) is 0 Å². The molecule has 0 heterocycles. The second-order valence-electron chi connectivity index (χ2n) is 6.29. The van der Waals surface area contributed by atoms with Crippen LogP contribution in [0.25, 0.3) is 0 Å². The van der Waals surface area contributed by atoms with Crippen molar-refractivity contribution in [2.75, 3.05) is 20.6 Å². The summed E-state index contributed by atoms with van der Waals surface area (Å²) in [7, 11) is 4.34. The lowest BCUT2D eigenvalue weighted by molar-refractivity contribution is 0.368. The van der Waals surface area contributed by atoms with Crippen molar-refractivity contribution >= 4 is 0 Å². The van der Waals surface area contributed by atoms with Gasteiger partial charge < -0.3 is 4.90 Å². The average Bonchev–Trinajstić information content (AvgIpc) is 2.77. The summed E-state index contributed by atoms with van der Waals surface area (Å²) in [6.45, 7) is 3.32. The van der Waals surface area contributed by atoms with Crippen LogP contribution in [0.15, 0.2) is 48.5 Å². The molecule has 0 spiro atoms. The molecular weight excluding hydrogens is 242 g/mol. The molecule has 104 valence electrons. The van der Waals surface area contributed by atoms with Crippen LogP contribution in [0.4, 0.5) is 0 Å². The third-order valence-corrected chi connectivity index (χ3v) is 4.36. The highest BCUT2D eigenvalue weighted by molar-refractivity contribution is 5.45. The molecule has 0 aliphatic heterocycles. The predicted molar refractivity (Wildman–Crippen MR) is 85.4 cm³/mol. The molecule has 0 radical (unpaired) electrons. The van der Waals surface area contributed by atoms with Crippen LogP contribution in [0.1, 0.15) is 40.5 Å². The predicted octanol–water partition coefficient (Wildman–Crippen LogP) is 4.18. The molecule has 0 fully saturated rings. The van der Waals surface area contributed by atoms with Crippen LogP contribution in [-0.2, 0) is 0 Å². The van der Waals surface area contributed by atoms with Crippen molar-refractivity contribution in [3.05, 3.63) is 70.8 Å². The van der Waals surface area contributed by atoms with Crippen molar-refractivity contribution in [3.63, 3.8) is 0 Å². The molecule has 0 amide bonds. The molecule has 20 heavy (non-hydrogen) atoms. The lowest BCUT2D eigenvalue weighted by Crippen LogP contribution is -2.19. The monoisotopic (exact) mass is 265 g/mol. The van der Waals surface area contributed by atoms with E-state index >= 15 is 0 Å². The largest absolute Gasteiger partial charge is 0.309 e. The highest BCUT2D eigenvalue weighted by Crippen LogP contribution is 2.45. The quantitative estimate of drug-likeness (QED) is 0.805. The summed E-state index contributed by atoms with van der Waals surface area (Å²) in [5, 5.41) is 0. The molecule has 0 unspecified atom stereocenters. The fourth-order valence-electron chi connectivity index (χ4n) is 3.55. The van der Waals surface area contributed by atoms with E-state index in [4.69, 9.17) is 0 Å². The standard InChI is InChI=1S/C19H23N/c1-14-7-6-8-15(11-14)19-12-16(13-20(2)3)17-9-4-5-10-18(17)19/h4-11,16,19H,12-13H2,1-3H3/t16-,19+/m1/s1. The molecule has 2 aromatic carbocycles. The number of hydrogen-bond donors (Lipinski definition) is 0. The third-order valence-electron chi connectivity index (χ3n) is 4.36. The van der Waals surface area contributed by atoms with Crippen LogP contribution in [-0.4, -0.2) is 25.5 Å². The fourth-order valence-corrected chi connectivity index (χ4v) is 3.55. The van der Waals surface area contributed by atoms with Gasteiger partial charge in [0.25, 0.3) is 0 Å². The maximum atomic E-state index is 2.35. The lowest BCUT2D eigenvalue weighted by Gasteiger charge is -2.17. The number of rotatable bonds is 3. The minimum atomic E-state index is 0.566. The van der Waals surface area contributed by atoms with Crippen LogP contribution in [0.3, 0.4) is 0 Å². The summed E-state index contributed by atoms with van der Waals surface area (Å²) >= 11 is 0. The molecule has 0 saturated heterocycles. The molecule has 0 saturated carbocycles. The minimum absolute atomic E-state index is 0.566. The Hall–Kier alpha value is -1.60. The molecular formula is C19H23N. The van der Waals surface area contributed by atoms with Crippen molar-refractivity contribution < 1.29 is 0 Å². The molecule has 1 nitrogen and oxygen atoms in total. The van der Waals surface area contributed by atoms with Crippen LogP contribution in [0, 0.1) is 6.92 Å². The Kier molecular flexibility index (Phi) is 3.62. The van der Waals surface area contributed by atoms with E-state index in [0.717, 1.165) is 6.54 Å². The molecule has 1 aliphatic rings. The van der Waals surface area contributed by atoms with Crippen LogP contribution in [0.5, 0.6) is 0 Å². The third kappa shape index (κ3) is 2.51. The zero-order valence-electron chi connectivity index (χ0n) is 12.6.